The Kier molecular flexibility index (Phi) is 6.74. The van der Waals surface area contributed by atoms with E-state index >= 15 is 0 Å². The van der Waals surface area contributed by atoms with Crippen LogP contribution in [0.15, 0.2) is 18.2 Å². The zero-order chi connectivity index (χ0) is 18.4. The van der Waals surface area contributed by atoms with Crippen LogP contribution in [0.4, 0.5) is 0 Å². The predicted molar refractivity (Wildman–Crippen MR) is 102 cm³/mol. The fourth-order valence-corrected chi connectivity index (χ4v) is 3.50. The molecule has 1 aliphatic carbocycles. The summed E-state index contributed by atoms with van der Waals surface area (Å²) in [5, 5.41) is 6.39. The molecule has 1 saturated heterocycles. The van der Waals surface area contributed by atoms with Gasteiger partial charge in [-0.1, -0.05) is 6.07 Å². The van der Waals surface area contributed by atoms with Gasteiger partial charge in [0.05, 0.1) is 7.11 Å². The molecule has 0 aromatic heterocycles. The van der Waals surface area contributed by atoms with Crippen molar-refractivity contribution in [3.05, 3.63) is 23.8 Å². The molecule has 2 N–H and O–H groups in total. The van der Waals surface area contributed by atoms with E-state index in [1.165, 1.54) is 38.8 Å². The summed E-state index contributed by atoms with van der Waals surface area (Å²) >= 11 is 0. The molecule has 2 fully saturated rings. The summed E-state index contributed by atoms with van der Waals surface area (Å²) in [5.74, 6) is 1.13. The number of carbonyl (C=O) groups is 1. The Morgan fingerprint density at radius 1 is 1.19 bits per heavy atom. The normalized spacial score (nSPS) is 18.5. The first kappa shape index (κ1) is 19.0. The maximum absolute atomic E-state index is 11.5. The van der Waals surface area contributed by atoms with Crippen LogP contribution in [0.5, 0.6) is 11.5 Å². The van der Waals surface area contributed by atoms with Crippen molar-refractivity contribution in [2.45, 2.75) is 51.2 Å². The van der Waals surface area contributed by atoms with E-state index in [0.29, 0.717) is 24.1 Å². The number of likely N-dealkylation sites (tertiary alicyclic amines) is 1. The van der Waals surface area contributed by atoms with Gasteiger partial charge in [0, 0.05) is 25.2 Å². The van der Waals surface area contributed by atoms with Crippen LogP contribution in [0.2, 0.25) is 0 Å². The lowest BCUT2D eigenvalue weighted by atomic mass is 10.0. The molecule has 1 heterocycles. The van der Waals surface area contributed by atoms with Crippen LogP contribution < -0.4 is 20.1 Å². The predicted octanol–water partition coefficient (Wildman–Crippen LogP) is 1.93. The lowest BCUT2D eigenvalue weighted by Gasteiger charge is -2.32. The molecule has 1 aromatic rings. The maximum atomic E-state index is 11.5. The van der Waals surface area contributed by atoms with Crippen molar-refractivity contribution >= 4 is 5.91 Å². The van der Waals surface area contributed by atoms with Crippen molar-refractivity contribution < 1.29 is 14.3 Å². The van der Waals surface area contributed by atoms with Gasteiger partial charge >= 0.3 is 0 Å². The third kappa shape index (κ3) is 5.35. The molecule has 0 atom stereocenters. The van der Waals surface area contributed by atoms with Gasteiger partial charge in [-0.2, -0.15) is 0 Å². The Balaban J connectivity index is 1.46. The maximum Gasteiger partial charge on any atom is 0.257 e. The number of hydrogen-bond donors (Lipinski definition) is 2. The van der Waals surface area contributed by atoms with Crippen molar-refractivity contribution in [2.75, 3.05) is 33.4 Å². The molecule has 144 valence electrons. The molecule has 0 bridgehead atoms. The summed E-state index contributed by atoms with van der Waals surface area (Å²) in [5.41, 5.74) is 1.16. The van der Waals surface area contributed by atoms with E-state index < -0.39 is 0 Å². The summed E-state index contributed by atoms with van der Waals surface area (Å²) < 4.78 is 11.0. The van der Waals surface area contributed by atoms with E-state index in [0.717, 1.165) is 18.2 Å². The lowest BCUT2D eigenvalue weighted by Crippen LogP contribution is -2.43. The fourth-order valence-electron chi connectivity index (χ4n) is 3.50. The molecule has 6 heteroatoms. The summed E-state index contributed by atoms with van der Waals surface area (Å²) in [6.07, 6.45) is 5.24. The minimum Gasteiger partial charge on any atom is -0.493 e. The average molecular weight is 361 g/mol. The van der Waals surface area contributed by atoms with Gasteiger partial charge in [-0.3, -0.25) is 4.79 Å². The molecular formula is C20H31N3O3. The standard InChI is InChI=1S/C20H31N3O3/c1-3-21-20(24)14-26-18-7-4-15(12-19(18)25-2)13-22-16-8-10-23(11-9-16)17-5-6-17/h4,7,12,16-17,22H,3,5-6,8-11,13-14H2,1-2H3,(H,21,24). The van der Waals surface area contributed by atoms with Crippen LogP contribution in [0.25, 0.3) is 0 Å². The van der Waals surface area contributed by atoms with Gasteiger partial charge in [0.1, 0.15) is 0 Å². The number of nitrogens with zero attached hydrogens (tertiary/aromatic N) is 1. The van der Waals surface area contributed by atoms with Crippen molar-refractivity contribution in [2.24, 2.45) is 0 Å². The van der Waals surface area contributed by atoms with E-state index in [-0.39, 0.29) is 12.5 Å². The number of hydrogen-bond acceptors (Lipinski definition) is 5. The minimum atomic E-state index is -0.127. The molecular weight excluding hydrogens is 330 g/mol. The minimum absolute atomic E-state index is 0.00135. The SMILES string of the molecule is CCNC(=O)COc1ccc(CNC2CCN(C3CC3)CC2)cc1OC. The number of carbonyl (C=O) groups excluding carboxylic acids is 1. The largest absolute Gasteiger partial charge is 0.493 e. The van der Waals surface area contributed by atoms with Crippen LogP contribution in [-0.4, -0.2) is 56.2 Å². The molecule has 1 saturated carbocycles. The van der Waals surface area contributed by atoms with Gasteiger partial charge < -0.3 is 25.0 Å². The third-order valence-corrected chi connectivity index (χ3v) is 5.15. The van der Waals surface area contributed by atoms with Crippen LogP contribution in [-0.2, 0) is 11.3 Å². The molecule has 1 aromatic carbocycles. The molecule has 26 heavy (non-hydrogen) atoms. The summed E-state index contributed by atoms with van der Waals surface area (Å²) in [6.45, 7) is 5.75. The van der Waals surface area contributed by atoms with Crippen molar-refractivity contribution in [1.29, 1.82) is 0 Å². The monoisotopic (exact) mass is 361 g/mol. The number of nitrogens with one attached hydrogen (secondary N) is 2. The Morgan fingerprint density at radius 2 is 1.96 bits per heavy atom. The lowest BCUT2D eigenvalue weighted by molar-refractivity contribution is -0.123. The third-order valence-electron chi connectivity index (χ3n) is 5.15. The molecule has 3 rings (SSSR count). The van der Waals surface area contributed by atoms with Crippen LogP contribution in [0.3, 0.4) is 0 Å². The number of likely N-dealkylation sites (N-methyl/N-ethyl adjacent to an activating group) is 1. The highest BCUT2D eigenvalue weighted by Crippen LogP contribution is 2.30. The van der Waals surface area contributed by atoms with Crippen molar-refractivity contribution in [3.8, 4) is 11.5 Å². The summed E-state index contributed by atoms with van der Waals surface area (Å²) in [7, 11) is 1.62. The van der Waals surface area contributed by atoms with E-state index in [4.69, 9.17) is 9.47 Å². The van der Waals surface area contributed by atoms with Crippen LogP contribution >= 0.6 is 0 Å². The topological polar surface area (TPSA) is 62.8 Å². The number of methoxy groups -OCH3 is 1. The molecule has 2 aliphatic rings. The molecule has 0 unspecified atom stereocenters. The van der Waals surface area contributed by atoms with Gasteiger partial charge in [-0.15, -0.1) is 0 Å². The van der Waals surface area contributed by atoms with E-state index in [1.807, 2.05) is 25.1 Å². The van der Waals surface area contributed by atoms with Gasteiger partial charge in [-0.05, 0) is 63.4 Å². The van der Waals surface area contributed by atoms with Gasteiger partial charge in [-0.25, -0.2) is 0 Å². The second-order valence-corrected chi connectivity index (χ2v) is 7.15. The molecule has 1 aliphatic heterocycles. The zero-order valence-corrected chi connectivity index (χ0v) is 15.9. The Hall–Kier alpha value is -1.79. The van der Waals surface area contributed by atoms with Gasteiger partial charge in [0.25, 0.3) is 5.91 Å². The first-order valence-electron chi connectivity index (χ1n) is 9.73. The highest BCUT2D eigenvalue weighted by molar-refractivity contribution is 5.77. The number of rotatable bonds is 9. The highest BCUT2D eigenvalue weighted by atomic mass is 16.5. The van der Waals surface area contributed by atoms with E-state index in [1.54, 1.807) is 7.11 Å². The zero-order valence-electron chi connectivity index (χ0n) is 15.9. The number of benzene rings is 1. The molecule has 0 radical (unpaired) electrons. The number of ether oxygens (including phenoxy) is 2. The van der Waals surface area contributed by atoms with Crippen LogP contribution in [0, 0.1) is 0 Å². The average Bonchev–Trinajstić information content (AvgIpc) is 3.51. The number of piperidine rings is 1. The molecule has 1 amide bonds. The second kappa shape index (κ2) is 9.24. The van der Waals surface area contributed by atoms with E-state index in [2.05, 4.69) is 15.5 Å². The smallest absolute Gasteiger partial charge is 0.257 e. The Morgan fingerprint density at radius 3 is 2.62 bits per heavy atom. The second-order valence-electron chi connectivity index (χ2n) is 7.15. The summed E-state index contributed by atoms with van der Waals surface area (Å²) in [4.78, 5) is 14.2. The quantitative estimate of drug-likeness (QED) is 0.704. The van der Waals surface area contributed by atoms with Crippen molar-refractivity contribution in [1.82, 2.24) is 15.5 Å². The highest BCUT2D eigenvalue weighted by Gasteiger charge is 2.31. The van der Waals surface area contributed by atoms with Gasteiger partial charge in [0.15, 0.2) is 18.1 Å². The first-order valence-corrected chi connectivity index (χ1v) is 9.73. The van der Waals surface area contributed by atoms with Gasteiger partial charge in [0.2, 0.25) is 0 Å². The Bertz CT molecular complexity index is 596. The van der Waals surface area contributed by atoms with E-state index in [9.17, 15) is 4.79 Å². The van der Waals surface area contributed by atoms with Crippen molar-refractivity contribution in [3.63, 3.8) is 0 Å². The Labute approximate surface area is 156 Å². The molecule has 0 spiro atoms. The first-order chi connectivity index (χ1) is 12.7. The molecule has 6 nitrogen and oxygen atoms in total. The summed E-state index contributed by atoms with van der Waals surface area (Å²) in [6, 6.07) is 7.36. The fraction of sp³-hybridized carbons (Fsp3) is 0.650. The number of amides is 1. The van der Waals surface area contributed by atoms with Crippen LogP contribution in [0.1, 0.15) is 38.2 Å².